The van der Waals surface area contributed by atoms with Crippen LogP contribution in [0.15, 0.2) is 72.8 Å². The van der Waals surface area contributed by atoms with Crippen molar-refractivity contribution < 1.29 is 21.7 Å². The van der Waals surface area contributed by atoms with Crippen molar-refractivity contribution in [3.05, 3.63) is 102 Å². The van der Waals surface area contributed by atoms with Crippen LogP contribution in [0.4, 0.5) is 0 Å². The molecule has 0 saturated carbocycles. The summed E-state index contributed by atoms with van der Waals surface area (Å²) in [5, 5.41) is 5.16. The van der Waals surface area contributed by atoms with Gasteiger partial charge in [-0.1, -0.05) is 0 Å². The molecule has 1 aliphatic rings. The van der Waals surface area contributed by atoms with Gasteiger partial charge >= 0.3 is 159 Å². The molecule has 0 fully saturated rings. The first-order chi connectivity index (χ1) is 13.6. The second-order valence-corrected chi connectivity index (χ2v) is 7.40. The van der Waals surface area contributed by atoms with Crippen LogP contribution in [0.3, 0.4) is 0 Å². The zero-order chi connectivity index (χ0) is 19.5. The molecule has 0 amide bonds. The van der Waals surface area contributed by atoms with Gasteiger partial charge in [-0.15, -0.1) is 31.2 Å². The Labute approximate surface area is 213 Å². The van der Waals surface area contributed by atoms with Crippen molar-refractivity contribution in [1.82, 2.24) is 0 Å². The third-order valence-electron chi connectivity index (χ3n) is 5.22. The van der Waals surface area contributed by atoms with Crippen molar-refractivity contribution in [2.45, 2.75) is 27.2 Å². The minimum atomic E-state index is 0. The number of hydrogen-bond donors (Lipinski definition) is 0. The van der Waals surface area contributed by atoms with Gasteiger partial charge in [0.2, 0.25) is 0 Å². The van der Waals surface area contributed by atoms with Crippen LogP contribution in [0.2, 0.25) is 0 Å². The fourth-order valence-electron chi connectivity index (χ4n) is 4.13. The van der Waals surface area contributed by atoms with Gasteiger partial charge in [-0.2, -0.15) is 6.08 Å². The van der Waals surface area contributed by atoms with E-state index in [2.05, 4.69) is 94.3 Å². The van der Waals surface area contributed by atoms with Crippen LogP contribution in [0.25, 0.3) is 32.6 Å². The third-order valence-corrected chi connectivity index (χ3v) is 5.22. The van der Waals surface area contributed by atoms with E-state index in [1.165, 1.54) is 49.3 Å². The monoisotopic (exact) mass is 478 g/mol. The molecule has 0 atom stereocenters. The minimum absolute atomic E-state index is 0. The van der Waals surface area contributed by atoms with Crippen LogP contribution in [0, 0.1) is 32.8 Å². The number of rotatable bonds is 1. The molecule has 5 rings (SSSR count). The fraction of sp³-hybridized carbons (Fsp3) is 0.148. The maximum absolute atomic E-state index is 3.26. The summed E-state index contributed by atoms with van der Waals surface area (Å²) in [7, 11) is 0. The van der Waals surface area contributed by atoms with Crippen LogP contribution in [-0.2, 0) is 21.7 Å². The Kier molecular flexibility index (Phi) is 11.0. The summed E-state index contributed by atoms with van der Waals surface area (Å²) >= 11 is 0. The fourth-order valence-corrected chi connectivity index (χ4v) is 4.13. The van der Waals surface area contributed by atoms with Crippen LogP contribution in [0.5, 0.6) is 0 Å². The largest absolute Gasteiger partial charge is 2.00 e. The van der Waals surface area contributed by atoms with E-state index in [-0.39, 0.29) is 46.5 Å². The average Bonchev–Trinajstić information content (AvgIpc) is 3.27. The number of halogens is 2. The smallest absolute Gasteiger partial charge is 0.273 e. The molecule has 0 radical (unpaired) electrons. The molecule has 1 heterocycles. The molecule has 154 valence electrons. The Hall–Kier alpha value is -1.63. The molecule has 0 saturated heterocycles. The number of benzene rings is 3. The molecular weight excluding hydrogens is 454 g/mol. The molecule has 0 spiro atoms. The molecule has 3 aromatic carbocycles. The van der Waals surface area contributed by atoms with Gasteiger partial charge in [0, 0.05) is 0 Å². The quantitative estimate of drug-likeness (QED) is 0.148. The van der Waals surface area contributed by atoms with E-state index < -0.39 is 0 Å². The zero-order valence-corrected chi connectivity index (χ0v) is 21.2. The Morgan fingerprint density at radius 1 is 0.839 bits per heavy atom. The van der Waals surface area contributed by atoms with Gasteiger partial charge in [0.05, 0.1) is 0 Å². The minimum Gasteiger partial charge on any atom is -0.273 e. The van der Waals surface area contributed by atoms with Crippen LogP contribution >= 0.6 is 24.8 Å². The number of hydrogen-bond acceptors (Lipinski definition) is 0. The third kappa shape index (κ3) is 5.99. The Bertz CT molecular complexity index is 1140. The molecule has 0 aliphatic heterocycles. The molecular formula is C27H25BCl2Ti. The van der Waals surface area contributed by atoms with E-state index in [1.807, 2.05) is 18.2 Å². The maximum Gasteiger partial charge on any atom is 2.00 e. The molecule has 1 aliphatic carbocycles. The topological polar surface area (TPSA) is 0 Å². The molecule has 31 heavy (non-hydrogen) atoms. The maximum atomic E-state index is 3.26. The van der Waals surface area contributed by atoms with Crippen molar-refractivity contribution in [1.29, 1.82) is 0 Å². The summed E-state index contributed by atoms with van der Waals surface area (Å²) in [6.07, 6.45) is 10.0. The van der Waals surface area contributed by atoms with Crippen LogP contribution in [0.1, 0.15) is 23.1 Å². The number of fused-ring (bicyclic) bond motifs is 2. The number of allylic oxidation sites excluding steroid dienone is 4. The summed E-state index contributed by atoms with van der Waals surface area (Å²) in [6, 6.07) is 19.7. The van der Waals surface area contributed by atoms with Gasteiger partial charge in [-0.25, -0.2) is 12.2 Å². The van der Waals surface area contributed by atoms with E-state index in [4.69, 9.17) is 0 Å². The molecule has 0 bridgehead atoms. The van der Waals surface area contributed by atoms with E-state index in [9.17, 15) is 0 Å². The van der Waals surface area contributed by atoms with E-state index in [0.717, 1.165) is 6.42 Å². The van der Waals surface area contributed by atoms with Gasteiger partial charge in [0.1, 0.15) is 0 Å². The predicted molar refractivity (Wildman–Crippen MR) is 137 cm³/mol. The SMILES string of the molecule is Cc1cc(C)c(-c2c3b[c-]ccc3cc3ccccc23)c(C)c1.Cl.Cl.[C-]1=CC=CC1.[Ti+2]. The zero-order valence-electron chi connectivity index (χ0n) is 18.0. The summed E-state index contributed by atoms with van der Waals surface area (Å²) in [5.41, 5.74) is 6.69. The van der Waals surface area contributed by atoms with Crippen molar-refractivity contribution in [3.63, 3.8) is 0 Å². The number of aryl methyl sites for hydroxylation is 3. The van der Waals surface area contributed by atoms with Crippen molar-refractivity contribution in [2.75, 3.05) is 0 Å². The second-order valence-electron chi connectivity index (χ2n) is 7.40. The van der Waals surface area contributed by atoms with Gasteiger partial charge in [-0.3, -0.25) is 6.08 Å². The first-order valence-electron chi connectivity index (χ1n) is 9.76. The summed E-state index contributed by atoms with van der Waals surface area (Å²) in [4.78, 5) is 0. The standard InChI is InChI=1S/C22H18B.C5H5.2ClH.Ti/c1-14-11-15(2)20(16(3)12-14)21-19-9-5-4-7-17(19)13-18-8-6-10-23-22(18)21;1-2-4-5-3-1;;;/h4-9,11-13H,1-3H3;1-3H,4H2;2*1H;/q2*-1;;;+2. The van der Waals surface area contributed by atoms with Gasteiger partial charge in [0.15, 0.2) is 0 Å². The van der Waals surface area contributed by atoms with E-state index >= 15 is 0 Å². The first kappa shape index (κ1) is 27.4. The summed E-state index contributed by atoms with van der Waals surface area (Å²) in [6.45, 7) is 8.72. The molecule has 4 aromatic rings. The average molecular weight is 479 g/mol. The van der Waals surface area contributed by atoms with E-state index in [0.29, 0.717) is 0 Å². The molecule has 0 N–H and O–H groups in total. The predicted octanol–water partition coefficient (Wildman–Crippen LogP) is 7.87. The second kappa shape index (κ2) is 12.4. The van der Waals surface area contributed by atoms with Gasteiger partial charge < -0.3 is 0 Å². The Morgan fingerprint density at radius 3 is 2.16 bits per heavy atom. The Morgan fingerprint density at radius 2 is 1.55 bits per heavy atom. The van der Waals surface area contributed by atoms with E-state index in [1.54, 1.807) is 0 Å². The van der Waals surface area contributed by atoms with Crippen LogP contribution < -0.4 is 0 Å². The Balaban J connectivity index is 0.000000534. The van der Waals surface area contributed by atoms with Crippen molar-refractivity contribution in [2.24, 2.45) is 0 Å². The molecule has 1 aromatic heterocycles. The molecule has 4 heteroatoms. The summed E-state index contributed by atoms with van der Waals surface area (Å²) in [5.74, 6) is 3.26. The molecule has 0 unspecified atom stereocenters. The van der Waals surface area contributed by atoms with Crippen molar-refractivity contribution in [3.8, 4) is 11.1 Å². The normalized spacial score (nSPS) is 11.1. The van der Waals surface area contributed by atoms with Gasteiger partial charge in [-0.05, 0) is 0 Å². The van der Waals surface area contributed by atoms with Crippen LogP contribution in [-0.4, -0.2) is 6.91 Å². The molecule has 0 nitrogen and oxygen atoms in total. The summed E-state index contributed by atoms with van der Waals surface area (Å²) < 4.78 is 0. The van der Waals surface area contributed by atoms with Crippen molar-refractivity contribution >= 4 is 53.2 Å². The van der Waals surface area contributed by atoms with Gasteiger partial charge in [0.25, 0.3) is 0 Å². The first-order valence-corrected chi connectivity index (χ1v) is 9.76.